The number of Topliss-reactive ketones (excluding diaryl/α,β-unsaturated/α-hetero) is 2. The second kappa shape index (κ2) is 11.2. The third-order valence-electron chi connectivity index (χ3n) is 5.07. The molecule has 2 rings (SSSR count). The Morgan fingerprint density at radius 1 is 1.10 bits per heavy atom. The summed E-state index contributed by atoms with van der Waals surface area (Å²) in [5.41, 5.74) is 2.35. The van der Waals surface area contributed by atoms with Crippen molar-refractivity contribution in [2.24, 2.45) is 0 Å². The maximum Gasteiger partial charge on any atom is 0.334 e. The summed E-state index contributed by atoms with van der Waals surface area (Å²) in [6.07, 6.45) is 9.19. The monoisotopic (exact) mass is 411 g/mol. The van der Waals surface area contributed by atoms with Gasteiger partial charge in [0.15, 0.2) is 11.5 Å². The highest BCUT2D eigenvalue weighted by atomic mass is 16.5. The van der Waals surface area contributed by atoms with Gasteiger partial charge in [0.2, 0.25) is 5.78 Å². The molecule has 6 heteroatoms. The van der Waals surface area contributed by atoms with Gasteiger partial charge < -0.3 is 9.47 Å². The van der Waals surface area contributed by atoms with Gasteiger partial charge in [0.05, 0.1) is 13.7 Å². The number of rotatable bonds is 10. The molecule has 30 heavy (non-hydrogen) atoms. The zero-order chi connectivity index (χ0) is 22.1. The first kappa shape index (κ1) is 23.3. The molecule has 0 aliphatic heterocycles. The van der Waals surface area contributed by atoms with Crippen LogP contribution in [0.25, 0.3) is 0 Å². The van der Waals surface area contributed by atoms with Gasteiger partial charge in [0.25, 0.3) is 0 Å². The molecule has 160 valence electrons. The molecule has 0 amide bonds. The fourth-order valence-electron chi connectivity index (χ4n) is 3.36. The average Bonchev–Trinajstić information content (AvgIpc) is 2.75. The van der Waals surface area contributed by atoms with E-state index in [0.29, 0.717) is 12.0 Å². The molecule has 1 heterocycles. The molecule has 0 saturated heterocycles. The van der Waals surface area contributed by atoms with E-state index in [1.807, 2.05) is 18.3 Å². The summed E-state index contributed by atoms with van der Waals surface area (Å²) in [5, 5.41) is 0. The Kier molecular flexibility index (Phi) is 8.71. The summed E-state index contributed by atoms with van der Waals surface area (Å²) < 4.78 is 10.2. The van der Waals surface area contributed by atoms with Crippen molar-refractivity contribution in [1.82, 2.24) is 4.98 Å². The van der Waals surface area contributed by atoms with Crippen LogP contribution in [0.15, 0.2) is 58.7 Å². The summed E-state index contributed by atoms with van der Waals surface area (Å²) in [7, 11) is 1.37. The van der Waals surface area contributed by atoms with Crippen LogP contribution in [0.2, 0.25) is 0 Å². The number of ketones is 2. The van der Waals surface area contributed by atoms with Crippen LogP contribution < -0.4 is 0 Å². The number of hydrogen-bond donors (Lipinski definition) is 0. The van der Waals surface area contributed by atoms with E-state index in [-0.39, 0.29) is 40.7 Å². The third-order valence-corrected chi connectivity index (χ3v) is 5.07. The summed E-state index contributed by atoms with van der Waals surface area (Å²) in [5.74, 6) is -1.03. The number of unbranched alkanes of at least 4 members (excludes halogenated alkanes) is 2. The number of allylic oxidation sites excluding steroid dienone is 4. The van der Waals surface area contributed by atoms with Gasteiger partial charge in [-0.1, -0.05) is 12.5 Å². The van der Waals surface area contributed by atoms with Crippen molar-refractivity contribution in [1.29, 1.82) is 0 Å². The van der Waals surface area contributed by atoms with E-state index < -0.39 is 5.97 Å². The van der Waals surface area contributed by atoms with Crippen molar-refractivity contribution >= 4 is 17.5 Å². The number of hydrogen-bond acceptors (Lipinski definition) is 6. The summed E-state index contributed by atoms with van der Waals surface area (Å²) >= 11 is 0. The average molecular weight is 411 g/mol. The number of pyridine rings is 1. The molecule has 0 saturated carbocycles. The Hall–Kier alpha value is -3.02. The highest BCUT2D eigenvalue weighted by Crippen LogP contribution is 2.27. The van der Waals surface area contributed by atoms with E-state index in [1.165, 1.54) is 18.7 Å². The maximum absolute atomic E-state index is 12.7. The maximum atomic E-state index is 12.7. The number of carbonyl (C=O) groups excluding carboxylic acids is 3. The van der Waals surface area contributed by atoms with Gasteiger partial charge in [0, 0.05) is 34.7 Å². The van der Waals surface area contributed by atoms with E-state index in [0.717, 1.165) is 25.7 Å². The molecule has 1 aromatic rings. The van der Waals surface area contributed by atoms with E-state index in [4.69, 9.17) is 9.47 Å². The van der Waals surface area contributed by atoms with Crippen molar-refractivity contribution < 1.29 is 23.9 Å². The molecule has 0 spiro atoms. The number of ether oxygens (including phenoxy) is 2. The SMILES string of the molecule is CCOC(=O)C(=CC1=C(C)C(=O)C(OC)=C(C)C1=O)CCCCCc1cccnc1. The van der Waals surface area contributed by atoms with Crippen LogP contribution in [-0.4, -0.2) is 36.2 Å². The topological polar surface area (TPSA) is 82.6 Å². The van der Waals surface area contributed by atoms with Crippen molar-refractivity contribution in [2.75, 3.05) is 13.7 Å². The Labute approximate surface area is 177 Å². The van der Waals surface area contributed by atoms with Crippen LogP contribution in [-0.2, 0) is 30.3 Å². The molecule has 0 fully saturated rings. The van der Waals surface area contributed by atoms with Crippen LogP contribution in [0.3, 0.4) is 0 Å². The highest BCUT2D eigenvalue weighted by molar-refractivity contribution is 6.25. The van der Waals surface area contributed by atoms with Gasteiger partial charge in [-0.25, -0.2) is 4.79 Å². The minimum Gasteiger partial charge on any atom is -0.492 e. The fraction of sp³-hybridized carbons (Fsp3) is 0.417. The number of aromatic nitrogens is 1. The Morgan fingerprint density at radius 3 is 2.50 bits per heavy atom. The van der Waals surface area contributed by atoms with E-state index >= 15 is 0 Å². The first-order valence-electron chi connectivity index (χ1n) is 10.2. The molecular weight excluding hydrogens is 382 g/mol. The quantitative estimate of drug-likeness (QED) is 0.250. The van der Waals surface area contributed by atoms with Crippen LogP contribution in [0.1, 0.15) is 52.0 Å². The molecule has 0 unspecified atom stereocenters. The smallest absolute Gasteiger partial charge is 0.334 e. The third kappa shape index (κ3) is 5.75. The highest BCUT2D eigenvalue weighted by Gasteiger charge is 2.30. The van der Waals surface area contributed by atoms with Crippen molar-refractivity contribution in [2.45, 2.75) is 52.9 Å². The minimum atomic E-state index is -0.454. The number of esters is 1. The number of carbonyl (C=O) groups is 3. The first-order chi connectivity index (χ1) is 14.4. The van der Waals surface area contributed by atoms with Gasteiger partial charge in [-0.15, -0.1) is 0 Å². The van der Waals surface area contributed by atoms with E-state index in [2.05, 4.69) is 4.98 Å². The van der Waals surface area contributed by atoms with Gasteiger partial charge in [-0.3, -0.25) is 14.6 Å². The lowest BCUT2D eigenvalue weighted by molar-refractivity contribution is -0.138. The van der Waals surface area contributed by atoms with E-state index in [9.17, 15) is 14.4 Å². The largest absolute Gasteiger partial charge is 0.492 e. The second-order valence-corrected chi connectivity index (χ2v) is 7.17. The summed E-state index contributed by atoms with van der Waals surface area (Å²) in [4.78, 5) is 41.8. The zero-order valence-electron chi connectivity index (χ0n) is 18.1. The summed E-state index contributed by atoms with van der Waals surface area (Å²) in [6.45, 7) is 5.12. The molecule has 0 aromatic carbocycles. The van der Waals surface area contributed by atoms with Crippen LogP contribution >= 0.6 is 0 Å². The molecule has 0 atom stereocenters. The number of methoxy groups -OCH3 is 1. The van der Waals surface area contributed by atoms with Crippen LogP contribution in [0, 0.1) is 0 Å². The molecule has 1 aromatic heterocycles. The molecule has 0 N–H and O–H groups in total. The lowest BCUT2D eigenvalue weighted by Gasteiger charge is -2.18. The van der Waals surface area contributed by atoms with Gasteiger partial charge in [-0.2, -0.15) is 0 Å². The Balaban J connectivity index is 2.11. The molecule has 1 aliphatic rings. The Morgan fingerprint density at radius 2 is 1.87 bits per heavy atom. The van der Waals surface area contributed by atoms with Crippen molar-refractivity contribution in [3.63, 3.8) is 0 Å². The fourth-order valence-corrected chi connectivity index (χ4v) is 3.36. The molecular formula is C24H29NO5. The normalized spacial score (nSPS) is 15.0. The van der Waals surface area contributed by atoms with Gasteiger partial charge >= 0.3 is 5.97 Å². The van der Waals surface area contributed by atoms with Gasteiger partial charge in [0.1, 0.15) is 0 Å². The predicted octanol–water partition coefficient (Wildman–Crippen LogP) is 4.06. The first-order valence-corrected chi connectivity index (χ1v) is 10.2. The molecule has 0 bridgehead atoms. The van der Waals surface area contributed by atoms with Crippen molar-refractivity contribution in [3.05, 3.63) is 64.2 Å². The Bertz CT molecular complexity index is 893. The second-order valence-electron chi connectivity index (χ2n) is 7.17. The number of aryl methyl sites for hydroxylation is 1. The number of nitrogens with zero attached hydrogens (tertiary/aromatic N) is 1. The lowest BCUT2D eigenvalue weighted by Crippen LogP contribution is -2.22. The van der Waals surface area contributed by atoms with Crippen LogP contribution in [0.5, 0.6) is 0 Å². The van der Waals surface area contributed by atoms with Crippen molar-refractivity contribution in [3.8, 4) is 0 Å². The summed E-state index contributed by atoms with van der Waals surface area (Å²) in [6, 6.07) is 3.96. The lowest BCUT2D eigenvalue weighted by atomic mass is 9.88. The van der Waals surface area contributed by atoms with Crippen LogP contribution in [0.4, 0.5) is 0 Å². The van der Waals surface area contributed by atoms with Gasteiger partial charge in [-0.05, 0) is 64.2 Å². The molecule has 6 nitrogen and oxygen atoms in total. The zero-order valence-corrected chi connectivity index (χ0v) is 18.1. The molecule has 1 aliphatic carbocycles. The molecule has 0 radical (unpaired) electrons. The minimum absolute atomic E-state index is 0.0581. The predicted molar refractivity (Wildman–Crippen MR) is 114 cm³/mol. The standard InChI is InChI=1S/C24H29NO5/c1-5-30-24(28)19(12-8-6-7-10-18-11-9-13-25-15-18)14-20-16(2)22(27)23(29-4)17(3)21(20)26/h9,11,13-15H,5-8,10,12H2,1-4H3. The van der Waals surface area contributed by atoms with E-state index in [1.54, 1.807) is 27.0 Å².